The second-order valence-electron chi connectivity index (χ2n) is 4.14. The highest BCUT2D eigenvalue weighted by Crippen LogP contribution is 2.23. The largest absolute Gasteiger partial charge is 0.494 e. The molecule has 0 aliphatic carbocycles. The molecule has 2 N–H and O–H groups in total. The van der Waals surface area contributed by atoms with Crippen LogP contribution in [0.2, 0.25) is 0 Å². The van der Waals surface area contributed by atoms with Crippen LogP contribution in [0.5, 0.6) is 5.75 Å². The molecule has 0 spiro atoms. The SMILES string of the molecule is CCCOc1ccc(C(C)(N)CC)cc1. The minimum Gasteiger partial charge on any atom is -0.494 e. The van der Waals surface area contributed by atoms with Gasteiger partial charge < -0.3 is 10.5 Å². The van der Waals surface area contributed by atoms with E-state index in [4.69, 9.17) is 10.5 Å². The highest BCUT2D eigenvalue weighted by molar-refractivity contribution is 5.31. The van der Waals surface area contributed by atoms with Crippen molar-refractivity contribution in [3.05, 3.63) is 29.8 Å². The van der Waals surface area contributed by atoms with E-state index < -0.39 is 0 Å². The average Bonchev–Trinajstić information content (AvgIpc) is 2.27. The first kappa shape index (κ1) is 12.1. The van der Waals surface area contributed by atoms with Crippen molar-refractivity contribution in [2.45, 2.75) is 39.2 Å². The van der Waals surface area contributed by atoms with Gasteiger partial charge in [0.2, 0.25) is 0 Å². The Morgan fingerprint density at radius 3 is 2.27 bits per heavy atom. The summed E-state index contributed by atoms with van der Waals surface area (Å²) in [6, 6.07) is 8.08. The molecule has 0 saturated heterocycles. The van der Waals surface area contributed by atoms with Gasteiger partial charge in [-0.25, -0.2) is 0 Å². The number of rotatable bonds is 5. The molecule has 1 unspecified atom stereocenters. The van der Waals surface area contributed by atoms with E-state index in [9.17, 15) is 0 Å². The first-order valence-electron chi connectivity index (χ1n) is 5.62. The molecule has 1 rings (SSSR count). The van der Waals surface area contributed by atoms with Gasteiger partial charge >= 0.3 is 0 Å². The average molecular weight is 207 g/mol. The van der Waals surface area contributed by atoms with Crippen molar-refractivity contribution in [2.24, 2.45) is 5.73 Å². The Morgan fingerprint density at radius 2 is 1.80 bits per heavy atom. The van der Waals surface area contributed by atoms with E-state index in [0.29, 0.717) is 0 Å². The fourth-order valence-corrected chi connectivity index (χ4v) is 1.36. The Kier molecular flexibility index (Phi) is 4.15. The van der Waals surface area contributed by atoms with Crippen LogP contribution in [0.1, 0.15) is 39.2 Å². The van der Waals surface area contributed by atoms with Gasteiger partial charge in [0.15, 0.2) is 0 Å². The van der Waals surface area contributed by atoms with Gasteiger partial charge in [0.05, 0.1) is 6.61 Å². The van der Waals surface area contributed by atoms with Gasteiger partial charge in [-0.1, -0.05) is 26.0 Å². The lowest BCUT2D eigenvalue weighted by Crippen LogP contribution is -2.31. The predicted octanol–water partition coefficient (Wildman–Crippen LogP) is 3.06. The summed E-state index contributed by atoms with van der Waals surface area (Å²) in [5.74, 6) is 0.924. The van der Waals surface area contributed by atoms with Crippen molar-refractivity contribution in [1.82, 2.24) is 0 Å². The molecular weight excluding hydrogens is 186 g/mol. The highest BCUT2D eigenvalue weighted by atomic mass is 16.5. The zero-order chi connectivity index (χ0) is 11.3. The number of ether oxygens (including phenoxy) is 1. The molecule has 0 fully saturated rings. The lowest BCUT2D eigenvalue weighted by molar-refractivity contribution is 0.317. The second-order valence-corrected chi connectivity index (χ2v) is 4.14. The maximum Gasteiger partial charge on any atom is 0.119 e. The molecule has 0 amide bonds. The van der Waals surface area contributed by atoms with Gasteiger partial charge in [-0.2, -0.15) is 0 Å². The van der Waals surface area contributed by atoms with Crippen LogP contribution in [-0.2, 0) is 5.54 Å². The molecule has 0 heterocycles. The Labute approximate surface area is 92.4 Å². The maximum atomic E-state index is 6.15. The van der Waals surface area contributed by atoms with Crippen molar-refractivity contribution in [3.8, 4) is 5.75 Å². The summed E-state index contributed by atoms with van der Waals surface area (Å²) in [4.78, 5) is 0. The van der Waals surface area contributed by atoms with Gasteiger partial charge in [-0.15, -0.1) is 0 Å². The molecule has 0 bridgehead atoms. The third kappa shape index (κ3) is 3.24. The summed E-state index contributed by atoms with van der Waals surface area (Å²) in [5, 5.41) is 0. The highest BCUT2D eigenvalue weighted by Gasteiger charge is 2.17. The number of benzene rings is 1. The van der Waals surface area contributed by atoms with Crippen LogP contribution in [0.4, 0.5) is 0 Å². The lowest BCUT2D eigenvalue weighted by atomic mass is 9.91. The minimum absolute atomic E-state index is 0.233. The van der Waals surface area contributed by atoms with Crippen molar-refractivity contribution in [1.29, 1.82) is 0 Å². The fraction of sp³-hybridized carbons (Fsp3) is 0.538. The van der Waals surface area contributed by atoms with Gasteiger partial charge in [-0.05, 0) is 37.5 Å². The summed E-state index contributed by atoms with van der Waals surface area (Å²) < 4.78 is 5.52. The van der Waals surface area contributed by atoms with Gasteiger partial charge in [0.25, 0.3) is 0 Å². The molecule has 2 heteroatoms. The summed E-state index contributed by atoms with van der Waals surface area (Å²) in [6.07, 6.45) is 1.97. The standard InChI is InChI=1S/C13H21NO/c1-4-10-15-12-8-6-11(7-9-12)13(3,14)5-2/h6-9H,4-5,10,14H2,1-3H3. The quantitative estimate of drug-likeness (QED) is 0.805. The number of hydrogen-bond donors (Lipinski definition) is 1. The molecule has 2 nitrogen and oxygen atoms in total. The zero-order valence-corrected chi connectivity index (χ0v) is 9.92. The van der Waals surface area contributed by atoms with Crippen LogP contribution in [0.25, 0.3) is 0 Å². The topological polar surface area (TPSA) is 35.2 Å². The first-order chi connectivity index (χ1) is 7.10. The van der Waals surface area contributed by atoms with E-state index in [-0.39, 0.29) is 5.54 Å². The molecule has 0 aromatic heterocycles. The maximum absolute atomic E-state index is 6.15. The smallest absolute Gasteiger partial charge is 0.119 e. The van der Waals surface area contributed by atoms with Crippen molar-refractivity contribution in [3.63, 3.8) is 0 Å². The Hall–Kier alpha value is -1.02. The Morgan fingerprint density at radius 1 is 1.20 bits per heavy atom. The third-order valence-corrected chi connectivity index (χ3v) is 2.72. The van der Waals surface area contributed by atoms with Crippen LogP contribution in [-0.4, -0.2) is 6.61 Å². The van der Waals surface area contributed by atoms with Gasteiger partial charge in [-0.3, -0.25) is 0 Å². The monoisotopic (exact) mass is 207 g/mol. The van der Waals surface area contributed by atoms with Gasteiger partial charge in [0, 0.05) is 5.54 Å². The molecule has 0 aliphatic rings. The summed E-state index contributed by atoms with van der Waals surface area (Å²) in [5.41, 5.74) is 7.07. The Bertz CT molecular complexity index is 290. The van der Waals surface area contributed by atoms with E-state index in [0.717, 1.165) is 30.8 Å². The van der Waals surface area contributed by atoms with Crippen LogP contribution < -0.4 is 10.5 Å². The normalized spacial score (nSPS) is 14.7. The van der Waals surface area contributed by atoms with Crippen LogP contribution in [0.3, 0.4) is 0 Å². The molecular formula is C13H21NO. The van der Waals surface area contributed by atoms with E-state index in [1.165, 1.54) is 0 Å². The Balaban J connectivity index is 2.72. The number of nitrogens with two attached hydrogens (primary N) is 1. The molecule has 84 valence electrons. The molecule has 0 aliphatic heterocycles. The van der Waals surface area contributed by atoms with Gasteiger partial charge in [0.1, 0.15) is 5.75 Å². The summed E-state index contributed by atoms with van der Waals surface area (Å²) >= 11 is 0. The molecule has 15 heavy (non-hydrogen) atoms. The molecule has 0 radical (unpaired) electrons. The first-order valence-corrected chi connectivity index (χ1v) is 5.62. The van der Waals surface area contributed by atoms with E-state index in [2.05, 4.69) is 32.9 Å². The number of hydrogen-bond acceptors (Lipinski definition) is 2. The molecule has 1 aromatic rings. The second kappa shape index (κ2) is 5.17. The third-order valence-electron chi connectivity index (χ3n) is 2.72. The van der Waals surface area contributed by atoms with Crippen LogP contribution in [0.15, 0.2) is 24.3 Å². The van der Waals surface area contributed by atoms with Crippen molar-refractivity contribution < 1.29 is 4.74 Å². The molecule has 1 atom stereocenters. The molecule has 0 saturated carbocycles. The van der Waals surface area contributed by atoms with Crippen molar-refractivity contribution in [2.75, 3.05) is 6.61 Å². The van der Waals surface area contributed by atoms with Crippen molar-refractivity contribution >= 4 is 0 Å². The van der Waals surface area contributed by atoms with E-state index in [1.807, 2.05) is 12.1 Å². The summed E-state index contributed by atoms with van der Waals surface area (Å²) in [6.45, 7) is 7.02. The van der Waals surface area contributed by atoms with Crippen LogP contribution in [0, 0.1) is 0 Å². The van der Waals surface area contributed by atoms with Crippen LogP contribution >= 0.6 is 0 Å². The predicted molar refractivity (Wildman–Crippen MR) is 64.1 cm³/mol. The lowest BCUT2D eigenvalue weighted by Gasteiger charge is -2.23. The zero-order valence-electron chi connectivity index (χ0n) is 9.92. The fourth-order valence-electron chi connectivity index (χ4n) is 1.36. The van der Waals surface area contributed by atoms with E-state index >= 15 is 0 Å². The summed E-state index contributed by atoms with van der Waals surface area (Å²) in [7, 11) is 0. The van der Waals surface area contributed by atoms with E-state index in [1.54, 1.807) is 0 Å². The molecule has 1 aromatic carbocycles. The minimum atomic E-state index is -0.233.